The number of carbonyl (C=O) groups excluding carboxylic acids is 1. The number of esters is 1. The third kappa shape index (κ3) is 7.41. The number of β-amino-alcohol motifs (C(OH)–C–C–N with tert-alkyl or cyclic N) is 1. The first-order chi connectivity index (χ1) is 10.9. The molecule has 0 amide bonds. The van der Waals surface area contributed by atoms with Crippen LogP contribution >= 0.6 is 11.7 Å². The molecule has 0 bridgehead atoms. The summed E-state index contributed by atoms with van der Waals surface area (Å²) in [6, 6.07) is 0. The van der Waals surface area contributed by atoms with Crippen LogP contribution < -0.4 is 10.1 Å². The Kier molecular flexibility index (Phi) is 7.95. The fourth-order valence-electron chi connectivity index (χ4n) is 1.57. The summed E-state index contributed by atoms with van der Waals surface area (Å²) in [7, 11) is 0. The van der Waals surface area contributed by atoms with Gasteiger partial charge in [-0.3, -0.25) is 10.1 Å². The lowest BCUT2D eigenvalue weighted by Crippen LogP contribution is -2.43. The third-order valence-electron chi connectivity index (χ3n) is 2.95. The number of carbonyl (C=O) groups is 1. The van der Waals surface area contributed by atoms with Crippen LogP contribution in [0.2, 0.25) is 0 Å². The largest absolute Gasteiger partial charge is 0.473 e. The van der Waals surface area contributed by atoms with Crippen LogP contribution in [0.4, 0.5) is 0 Å². The summed E-state index contributed by atoms with van der Waals surface area (Å²) in [4.78, 5) is 11.4. The van der Waals surface area contributed by atoms with E-state index in [1.807, 2.05) is 13.8 Å². The van der Waals surface area contributed by atoms with Gasteiger partial charge in [0.05, 0.1) is 30.3 Å². The average Bonchev–Trinajstić information content (AvgIpc) is 2.97. The molecular formula is C15H23N3O4S. The normalized spacial score (nSPS) is 12.5. The van der Waals surface area contributed by atoms with E-state index in [0.717, 1.165) is 11.7 Å². The van der Waals surface area contributed by atoms with Gasteiger partial charge in [-0.05, 0) is 20.8 Å². The first-order valence-corrected chi connectivity index (χ1v) is 8.11. The fourth-order valence-corrected chi connectivity index (χ4v) is 2.11. The molecular weight excluding hydrogens is 318 g/mol. The van der Waals surface area contributed by atoms with Crippen molar-refractivity contribution in [1.82, 2.24) is 14.1 Å². The van der Waals surface area contributed by atoms with Gasteiger partial charge in [-0.25, -0.2) is 0 Å². The molecule has 23 heavy (non-hydrogen) atoms. The highest BCUT2D eigenvalue weighted by atomic mass is 32.1. The summed E-state index contributed by atoms with van der Waals surface area (Å²) >= 11 is 1.00. The lowest BCUT2D eigenvalue weighted by molar-refractivity contribution is -0.143. The monoisotopic (exact) mass is 341 g/mol. The molecule has 1 unspecified atom stereocenters. The van der Waals surface area contributed by atoms with Gasteiger partial charge < -0.3 is 14.6 Å². The van der Waals surface area contributed by atoms with Gasteiger partial charge in [-0.15, -0.1) is 10.8 Å². The number of aliphatic hydroxyl groups excluding tert-OH is 1. The number of ether oxygens (including phenoxy) is 2. The number of aromatic nitrogens is 2. The topological polar surface area (TPSA) is 93.6 Å². The van der Waals surface area contributed by atoms with Crippen LogP contribution in [0.5, 0.6) is 5.88 Å². The van der Waals surface area contributed by atoms with Crippen molar-refractivity contribution in [3.63, 3.8) is 0 Å². The van der Waals surface area contributed by atoms with Crippen LogP contribution in [-0.4, -0.2) is 51.2 Å². The molecule has 0 aliphatic carbocycles. The Morgan fingerprint density at radius 3 is 2.91 bits per heavy atom. The molecule has 0 aliphatic heterocycles. The van der Waals surface area contributed by atoms with Crippen molar-refractivity contribution in [3.05, 3.63) is 5.69 Å². The minimum absolute atomic E-state index is 0.0610. The molecule has 1 aromatic rings. The zero-order chi connectivity index (χ0) is 17.3. The van der Waals surface area contributed by atoms with Gasteiger partial charge in [0.2, 0.25) is 5.88 Å². The maximum atomic E-state index is 11.4. The Morgan fingerprint density at radius 2 is 2.26 bits per heavy atom. The van der Waals surface area contributed by atoms with Crippen molar-refractivity contribution in [1.29, 1.82) is 0 Å². The number of aliphatic hydroxyl groups is 1. The van der Waals surface area contributed by atoms with Gasteiger partial charge in [0, 0.05) is 13.0 Å². The van der Waals surface area contributed by atoms with Gasteiger partial charge in [-0.2, -0.15) is 4.37 Å². The summed E-state index contributed by atoms with van der Waals surface area (Å²) < 4.78 is 18.5. The van der Waals surface area contributed by atoms with E-state index in [4.69, 9.17) is 15.9 Å². The quantitative estimate of drug-likeness (QED) is 0.480. The molecule has 1 atom stereocenters. The Labute approximate surface area is 140 Å². The van der Waals surface area contributed by atoms with Gasteiger partial charge in [0.25, 0.3) is 0 Å². The molecule has 0 aromatic carbocycles. The van der Waals surface area contributed by atoms with Crippen LogP contribution in [0.3, 0.4) is 0 Å². The van der Waals surface area contributed by atoms with E-state index in [2.05, 4.69) is 20.0 Å². The Balaban J connectivity index is 2.39. The SMILES string of the molecule is C#CC(C)(C)NCC(O)COc1nsnc1CCC(=O)OCC. The molecule has 0 saturated heterocycles. The second kappa shape index (κ2) is 9.45. The number of nitrogens with one attached hydrogen (secondary N) is 1. The Bertz CT molecular complexity index is 539. The van der Waals surface area contributed by atoms with Crippen LogP contribution in [0.15, 0.2) is 0 Å². The maximum absolute atomic E-state index is 11.4. The zero-order valence-corrected chi connectivity index (χ0v) is 14.5. The Hall–Kier alpha value is -1.69. The Morgan fingerprint density at radius 1 is 1.52 bits per heavy atom. The summed E-state index contributed by atoms with van der Waals surface area (Å²) in [5, 5.41) is 13.0. The smallest absolute Gasteiger partial charge is 0.306 e. The van der Waals surface area contributed by atoms with E-state index in [0.29, 0.717) is 31.1 Å². The maximum Gasteiger partial charge on any atom is 0.306 e. The van der Waals surface area contributed by atoms with Crippen molar-refractivity contribution < 1.29 is 19.4 Å². The number of hydrogen-bond donors (Lipinski definition) is 2. The molecule has 7 nitrogen and oxygen atoms in total. The minimum Gasteiger partial charge on any atom is -0.473 e. The highest BCUT2D eigenvalue weighted by molar-refractivity contribution is 6.99. The highest BCUT2D eigenvalue weighted by Gasteiger charge is 2.17. The lowest BCUT2D eigenvalue weighted by Gasteiger charge is -2.21. The van der Waals surface area contributed by atoms with Crippen molar-refractivity contribution >= 4 is 17.7 Å². The molecule has 8 heteroatoms. The zero-order valence-electron chi connectivity index (χ0n) is 13.7. The molecule has 2 N–H and O–H groups in total. The van der Waals surface area contributed by atoms with Gasteiger partial charge >= 0.3 is 5.97 Å². The molecule has 0 aliphatic rings. The van der Waals surface area contributed by atoms with Gasteiger partial charge in [0.15, 0.2) is 0 Å². The number of rotatable bonds is 10. The molecule has 1 heterocycles. The van der Waals surface area contributed by atoms with Crippen LogP contribution in [0.1, 0.15) is 32.9 Å². The number of nitrogens with zero attached hydrogens (tertiary/aromatic N) is 2. The molecule has 0 fully saturated rings. The predicted octanol–water partition coefficient (Wildman–Crippen LogP) is 0.775. The van der Waals surface area contributed by atoms with Crippen molar-refractivity contribution in [2.24, 2.45) is 0 Å². The highest BCUT2D eigenvalue weighted by Crippen LogP contribution is 2.17. The summed E-state index contributed by atoms with van der Waals surface area (Å²) in [6.45, 7) is 6.16. The molecule has 0 radical (unpaired) electrons. The van der Waals surface area contributed by atoms with Crippen LogP contribution in [-0.2, 0) is 16.0 Å². The van der Waals surface area contributed by atoms with E-state index in [1.165, 1.54) is 0 Å². The summed E-state index contributed by atoms with van der Waals surface area (Å²) in [5.41, 5.74) is 0.0979. The number of aryl methyl sites for hydroxylation is 1. The molecule has 128 valence electrons. The van der Waals surface area contributed by atoms with E-state index in [9.17, 15) is 9.90 Å². The van der Waals surface area contributed by atoms with Crippen LogP contribution in [0, 0.1) is 12.3 Å². The molecule has 1 aromatic heterocycles. The van der Waals surface area contributed by atoms with Crippen molar-refractivity contribution in [3.8, 4) is 18.2 Å². The van der Waals surface area contributed by atoms with Gasteiger partial charge in [0.1, 0.15) is 18.4 Å². The number of terminal acetylenes is 1. The fraction of sp³-hybridized carbons (Fsp3) is 0.667. The average molecular weight is 341 g/mol. The second-order valence-electron chi connectivity index (χ2n) is 5.44. The molecule has 0 spiro atoms. The predicted molar refractivity (Wildman–Crippen MR) is 87.3 cm³/mol. The van der Waals surface area contributed by atoms with E-state index >= 15 is 0 Å². The summed E-state index contributed by atoms with van der Waals surface area (Å²) in [5.74, 6) is 2.64. The minimum atomic E-state index is -0.734. The first-order valence-electron chi connectivity index (χ1n) is 7.38. The first kappa shape index (κ1) is 19.4. The summed E-state index contributed by atoms with van der Waals surface area (Å²) in [6.07, 6.45) is 5.24. The van der Waals surface area contributed by atoms with Crippen molar-refractivity contribution in [2.45, 2.75) is 45.3 Å². The lowest BCUT2D eigenvalue weighted by atomic mass is 10.1. The third-order valence-corrected chi connectivity index (χ3v) is 3.50. The van der Waals surface area contributed by atoms with E-state index < -0.39 is 11.6 Å². The molecule has 1 rings (SSSR count). The van der Waals surface area contributed by atoms with Gasteiger partial charge in [-0.1, -0.05) is 5.92 Å². The standard InChI is InChI=1S/C15H23N3O4S/c1-5-15(3,4)16-9-11(19)10-22-14-12(17-23-18-14)7-8-13(20)21-6-2/h1,11,16,19H,6-10H2,2-4H3. The second-order valence-corrected chi connectivity index (χ2v) is 5.96. The molecule has 0 saturated carbocycles. The number of hydrogen-bond acceptors (Lipinski definition) is 8. The van der Waals surface area contributed by atoms with Crippen molar-refractivity contribution in [2.75, 3.05) is 19.8 Å². The van der Waals surface area contributed by atoms with E-state index in [1.54, 1.807) is 6.92 Å². The van der Waals surface area contributed by atoms with E-state index in [-0.39, 0.29) is 19.0 Å². The van der Waals surface area contributed by atoms with Crippen LogP contribution in [0.25, 0.3) is 0 Å².